The van der Waals surface area contributed by atoms with E-state index in [-0.39, 0.29) is 6.03 Å². The van der Waals surface area contributed by atoms with Crippen molar-refractivity contribution in [1.82, 2.24) is 14.9 Å². The van der Waals surface area contributed by atoms with Crippen molar-refractivity contribution in [3.05, 3.63) is 66.0 Å². The van der Waals surface area contributed by atoms with Gasteiger partial charge in [-0.15, -0.1) is 0 Å². The zero-order valence-corrected chi connectivity index (χ0v) is 19.2. The fourth-order valence-electron chi connectivity index (χ4n) is 3.57. The second-order valence-corrected chi connectivity index (χ2v) is 7.95. The minimum Gasteiger partial charge on any atom is -0.493 e. The normalized spacial score (nSPS) is 14.0. The van der Waals surface area contributed by atoms with Crippen molar-refractivity contribution in [1.29, 1.82) is 0 Å². The number of anilines is 2. The van der Waals surface area contributed by atoms with E-state index in [2.05, 4.69) is 15.3 Å². The third kappa shape index (κ3) is 5.92. The van der Waals surface area contributed by atoms with Gasteiger partial charge in [-0.1, -0.05) is 6.07 Å². The van der Waals surface area contributed by atoms with E-state index in [1.165, 1.54) is 12.3 Å². The van der Waals surface area contributed by atoms with Crippen LogP contribution in [0.3, 0.4) is 0 Å². The van der Waals surface area contributed by atoms with E-state index in [4.69, 9.17) is 9.47 Å². The number of aromatic nitrogens is 2. The third-order valence-corrected chi connectivity index (χ3v) is 5.49. The van der Waals surface area contributed by atoms with Gasteiger partial charge in [0.2, 0.25) is 5.88 Å². The molecule has 2 aromatic heterocycles. The number of aryl methyl sites for hydroxylation is 1. The van der Waals surface area contributed by atoms with E-state index < -0.39 is 11.7 Å². The molecule has 4 rings (SSSR count). The molecule has 0 unspecified atom stereocenters. The number of amides is 2. The summed E-state index contributed by atoms with van der Waals surface area (Å²) >= 11 is 0. The molecule has 184 valence electrons. The fraction of sp³-hybridized carbons (Fsp3) is 0.292. The molecule has 0 spiro atoms. The highest BCUT2D eigenvalue weighted by Gasteiger charge is 2.31. The standard InChI is InChI=1S/C24H24F3N5O3/c1-16-3-6-19(20(13-16)34-2)35-22-8-5-18(15-29-22)30-23(33)32-11-9-31(10-12-32)21-7-4-17(14-28-21)24(25,26)27/h3-8,13-15H,9-12H2,1-2H3,(H,30,33). The van der Waals surface area contributed by atoms with E-state index in [0.29, 0.717) is 55.1 Å². The number of pyridine rings is 2. The molecule has 0 atom stereocenters. The Balaban J connectivity index is 1.30. The second kappa shape index (κ2) is 10.1. The first-order valence-electron chi connectivity index (χ1n) is 10.9. The average molecular weight is 487 g/mol. The molecule has 0 bridgehead atoms. The minimum atomic E-state index is -4.42. The zero-order chi connectivity index (χ0) is 25.0. The third-order valence-electron chi connectivity index (χ3n) is 5.49. The van der Waals surface area contributed by atoms with Crippen molar-refractivity contribution in [2.75, 3.05) is 43.5 Å². The maximum Gasteiger partial charge on any atom is 0.417 e. The molecular weight excluding hydrogens is 463 g/mol. The van der Waals surface area contributed by atoms with E-state index >= 15 is 0 Å². The van der Waals surface area contributed by atoms with Crippen LogP contribution in [0.1, 0.15) is 11.1 Å². The quantitative estimate of drug-likeness (QED) is 0.548. The lowest BCUT2D eigenvalue weighted by atomic mass is 10.2. The number of urea groups is 1. The summed E-state index contributed by atoms with van der Waals surface area (Å²) in [5.74, 6) is 1.92. The van der Waals surface area contributed by atoms with Crippen LogP contribution in [0.25, 0.3) is 0 Å². The van der Waals surface area contributed by atoms with E-state index in [1.807, 2.05) is 24.0 Å². The van der Waals surface area contributed by atoms with Crippen molar-refractivity contribution in [2.24, 2.45) is 0 Å². The van der Waals surface area contributed by atoms with Crippen molar-refractivity contribution in [3.8, 4) is 17.4 Å². The topological polar surface area (TPSA) is 79.8 Å². The number of halogens is 3. The van der Waals surface area contributed by atoms with Gasteiger partial charge in [-0.25, -0.2) is 14.8 Å². The van der Waals surface area contributed by atoms with Gasteiger partial charge in [0.1, 0.15) is 5.82 Å². The minimum absolute atomic E-state index is 0.291. The maximum atomic E-state index is 12.7. The highest BCUT2D eigenvalue weighted by molar-refractivity contribution is 5.89. The lowest BCUT2D eigenvalue weighted by Crippen LogP contribution is -2.50. The zero-order valence-electron chi connectivity index (χ0n) is 19.2. The predicted molar refractivity (Wildman–Crippen MR) is 124 cm³/mol. The number of benzene rings is 1. The number of hydrogen-bond donors (Lipinski definition) is 1. The molecule has 0 radical (unpaired) electrons. The fourth-order valence-corrected chi connectivity index (χ4v) is 3.57. The van der Waals surface area contributed by atoms with Gasteiger partial charge in [-0.05, 0) is 42.8 Å². The molecule has 1 aliphatic rings. The summed E-state index contributed by atoms with van der Waals surface area (Å²) in [5, 5.41) is 2.80. The van der Waals surface area contributed by atoms with Gasteiger partial charge < -0.3 is 24.6 Å². The largest absolute Gasteiger partial charge is 0.493 e. The Hall–Kier alpha value is -4.02. The molecular formula is C24H24F3N5O3. The Bertz CT molecular complexity index is 1160. The predicted octanol–water partition coefficient (Wildman–Crippen LogP) is 4.96. The van der Waals surface area contributed by atoms with E-state index in [9.17, 15) is 18.0 Å². The summed E-state index contributed by atoms with van der Waals surface area (Å²) in [6, 6.07) is 11.0. The molecule has 35 heavy (non-hydrogen) atoms. The van der Waals surface area contributed by atoms with Crippen LogP contribution in [0.5, 0.6) is 17.4 Å². The van der Waals surface area contributed by atoms with Gasteiger partial charge in [-0.2, -0.15) is 13.2 Å². The van der Waals surface area contributed by atoms with Gasteiger partial charge in [0.05, 0.1) is 24.6 Å². The lowest BCUT2D eigenvalue weighted by Gasteiger charge is -2.35. The molecule has 1 aliphatic heterocycles. The van der Waals surface area contributed by atoms with Crippen LogP contribution in [0, 0.1) is 6.92 Å². The Morgan fingerprint density at radius 2 is 1.74 bits per heavy atom. The van der Waals surface area contributed by atoms with E-state index in [1.54, 1.807) is 30.2 Å². The Morgan fingerprint density at radius 1 is 0.971 bits per heavy atom. The Labute approximate surface area is 200 Å². The summed E-state index contributed by atoms with van der Waals surface area (Å²) in [7, 11) is 1.56. The van der Waals surface area contributed by atoms with Gasteiger partial charge in [0.25, 0.3) is 0 Å². The summed E-state index contributed by atoms with van der Waals surface area (Å²) < 4.78 is 49.3. The van der Waals surface area contributed by atoms with Crippen LogP contribution < -0.4 is 19.7 Å². The Morgan fingerprint density at radius 3 is 2.34 bits per heavy atom. The first-order chi connectivity index (χ1) is 16.7. The summed E-state index contributed by atoms with van der Waals surface area (Å²) in [4.78, 5) is 24.3. The second-order valence-electron chi connectivity index (χ2n) is 7.95. The van der Waals surface area contributed by atoms with Crippen molar-refractivity contribution >= 4 is 17.5 Å². The van der Waals surface area contributed by atoms with Crippen LogP contribution in [0.15, 0.2) is 54.9 Å². The number of ether oxygens (including phenoxy) is 2. The molecule has 1 saturated heterocycles. The number of carbonyl (C=O) groups excluding carboxylic acids is 1. The molecule has 0 saturated carbocycles. The molecule has 8 nitrogen and oxygen atoms in total. The first kappa shape index (κ1) is 24.1. The van der Waals surface area contributed by atoms with Crippen molar-refractivity contribution in [2.45, 2.75) is 13.1 Å². The number of hydrogen-bond acceptors (Lipinski definition) is 6. The van der Waals surface area contributed by atoms with Crippen LogP contribution in [-0.4, -0.2) is 54.2 Å². The van der Waals surface area contributed by atoms with Crippen LogP contribution in [0.2, 0.25) is 0 Å². The summed E-state index contributed by atoms with van der Waals surface area (Å²) in [6.07, 6.45) is -2.10. The maximum absolute atomic E-state index is 12.7. The van der Waals surface area contributed by atoms with Gasteiger partial charge in [0.15, 0.2) is 11.5 Å². The average Bonchev–Trinajstić information content (AvgIpc) is 2.86. The van der Waals surface area contributed by atoms with Crippen molar-refractivity contribution < 1.29 is 27.4 Å². The number of alkyl halides is 3. The SMILES string of the molecule is COc1cc(C)ccc1Oc1ccc(NC(=O)N2CCN(c3ccc(C(F)(F)F)cn3)CC2)cn1. The number of methoxy groups -OCH3 is 1. The number of piperazine rings is 1. The Kier molecular flexibility index (Phi) is 6.94. The summed E-state index contributed by atoms with van der Waals surface area (Å²) in [5.41, 5.74) is 0.754. The van der Waals surface area contributed by atoms with Crippen molar-refractivity contribution in [3.63, 3.8) is 0 Å². The molecule has 1 aromatic carbocycles. The number of rotatable bonds is 5. The van der Waals surface area contributed by atoms with Gasteiger partial charge in [0, 0.05) is 38.4 Å². The molecule has 0 aliphatic carbocycles. The lowest BCUT2D eigenvalue weighted by molar-refractivity contribution is -0.137. The summed E-state index contributed by atoms with van der Waals surface area (Å²) in [6.45, 7) is 3.66. The number of carbonyl (C=O) groups is 1. The smallest absolute Gasteiger partial charge is 0.417 e. The highest BCUT2D eigenvalue weighted by atomic mass is 19.4. The van der Waals surface area contributed by atoms with Crippen LogP contribution in [-0.2, 0) is 6.18 Å². The highest BCUT2D eigenvalue weighted by Crippen LogP contribution is 2.32. The van der Waals surface area contributed by atoms with E-state index in [0.717, 1.165) is 17.8 Å². The van der Waals surface area contributed by atoms with Gasteiger partial charge >= 0.3 is 12.2 Å². The van der Waals surface area contributed by atoms with Crippen LogP contribution >= 0.6 is 0 Å². The first-order valence-corrected chi connectivity index (χ1v) is 10.9. The molecule has 3 heterocycles. The molecule has 3 aromatic rings. The number of nitrogens with zero attached hydrogens (tertiary/aromatic N) is 4. The molecule has 1 fully saturated rings. The number of nitrogens with one attached hydrogen (secondary N) is 1. The van der Waals surface area contributed by atoms with Gasteiger partial charge in [-0.3, -0.25) is 0 Å². The monoisotopic (exact) mass is 487 g/mol. The van der Waals surface area contributed by atoms with Crippen LogP contribution in [0.4, 0.5) is 29.5 Å². The molecule has 2 amide bonds. The molecule has 1 N–H and O–H groups in total. The molecule has 11 heteroatoms.